The molecule has 0 radical (unpaired) electrons. The van der Waals surface area contributed by atoms with Gasteiger partial charge in [0.25, 0.3) is 0 Å². The van der Waals surface area contributed by atoms with E-state index in [0.717, 1.165) is 0 Å². The molecule has 42 valence electrons. The number of halogens is 1. The first-order valence-electron chi connectivity index (χ1n) is 1.95. The van der Waals surface area contributed by atoms with Gasteiger partial charge in [-0.3, -0.25) is 0 Å². The van der Waals surface area contributed by atoms with Gasteiger partial charge in [-0.1, -0.05) is 6.92 Å². The Hall–Kier alpha value is -0.730. The van der Waals surface area contributed by atoms with Gasteiger partial charge < -0.3 is 10.2 Å². The Kier molecular flexibility index (Phi) is 2.19. The molecule has 0 aliphatic carbocycles. The second-order valence-corrected chi connectivity index (χ2v) is 1.08. The number of allylic oxidation sites excluding steroid dienone is 1. The van der Waals surface area contributed by atoms with Crippen LogP contribution in [0.1, 0.15) is 13.3 Å². The molecule has 0 atom stereocenters. The van der Waals surface area contributed by atoms with E-state index >= 15 is 0 Å². The highest BCUT2D eigenvalue weighted by molar-refractivity contribution is 4.87. The van der Waals surface area contributed by atoms with Crippen molar-refractivity contribution in [3.8, 4) is 0 Å². The summed E-state index contributed by atoms with van der Waals surface area (Å²) in [6.07, 6.45) is 0.0301. The van der Waals surface area contributed by atoms with Crippen LogP contribution in [0.3, 0.4) is 0 Å². The molecule has 0 amide bonds. The van der Waals surface area contributed by atoms with Crippen molar-refractivity contribution in [2.24, 2.45) is 0 Å². The molecule has 0 aromatic rings. The quantitative estimate of drug-likeness (QED) is 0.499. The van der Waals surface area contributed by atoms with Crippen LogP contribution in [0.5, 0.6) is 0 Å². The van der Waals surface area contributed by atoms with E-state index in [-0.39, 0.29) is 6.42 Å². The molecule has 0 unspecified atom stereocenters. The van der Waals surface area contributed by atoms with Gasteiger partial charge in [0.2, 0.25) is 0 Å². The summed E-state index contributed by atoms with van der Waals surface area (Å²) < 4.78 is 11.6. The van der Waals surface area contributed by atoms with Crippen molar-refractivity contribution in [1.82, 2.24) is 0 Å². The average Bonchev–Trinajstić information content (AvgIpc) is 1.65. The van der Waals surface area contributed by atoms with Crippen LogP contribution in [-0.4, -0.2) is 10.2 Å². The summed E-state index contributed by atoms with van der Waals surface area (Å²) in [4.78, 5) is 0. The van der Waals surface area contributed by atoms with Gasteiger partial charge in [-0.15, -0.1) is 0 Å². The zero-order valence-corrected chi connectivity index (χ0v) is 3.98. The van der Waals surface area contributed by atoms with Gasteiger partial charge in [-0.25, -0.2) is 4.39 Å². The lowest BCUT2D eigenvalue weighted by Crippen LogP contribution is -1.80. The molecule has 0 spiro atoms. The molecule has 7 heavy (non-hydrogen) atoms. The normalized spacial score (nSPS) is 8.29. The Morgan fingerprint density at radius 3 is 2.00 bits per heavy atom. The summed E-state index contributed by atoms with van der Waals surface area (Å²) in [5.74, 6) is -2.08. The van der Waals surface area contributed by atoms with E-state index in [0.29, 0.717) is 0 Å². The smallest absolute Gasteiger partial charge is 0.307 e. The third-order valence-corrected chi connectivity index (χ3v) is 0.553. The Labute approximate surface area is 40.9 Å². The molecule has 0 bridgehead atoms. The molecule has 3 heteroatoms. The Morgan fingerprint density at radius 2 is 2.00 bits per heavy atom. The molecule has 0 fully saturated rings. The van der Waals surface area contributed by atoms with Gasteiger partial charge in [0.05, 0.1) is 0 Å². The fourth-order valence-corrected chi connectivity index (χ4v) is 0.158. The van der Waals surface area contributed by atoms with Crippen LogP contribution in [0.15, 0.2) is 11.8 Å². The van der Waals surface area contributed by atoms with Crippen molar-refractivity contribution < 1.29 is 14.6 Å². The van der Waals surface area contributed by atoms with E-state index in [4.69, 9.17) is 10.2 Å². The number of rotatable bonds is 1. The number of hydrogen-bond acceptors (Lipinski definition) is 2. The molecule has 2 nitrogen and oxygen atoms in total. The summed E-state index contributed by atoms with van der Waals surface area (Å²) in [5, 5.41) is 15.8. The fraction of sp³-hybridized carbons (Fsp3) is 0.500. The fourth-order valence-electron chi connectivity index (χ4n) is 0.158. The van der Waals surface area contributed by atoms with E-state index in [2.05, 4.69) is 0 Å². The lowest BCUT2D eigenvalue weighted by atomic mass is 10.4. The summed E-state index contributed by atoms with van der Waals surface area (Å²) in [5.41, 5.74) is 0. The Balaban J connectivity index is 3.72. The lowest BCUT2D eigenvalue weighted by molar-refractivity contribution is 0.171. The van der Waals surface area contributed by atoms with Crippen molar-refractivity contribution in [3.05, 3.63) is 11.8 Å². The van der Waals surface area contributed by atoms with E-state index < -0.39 is 11.8 Å². The molecule has 0 heterocycles. The summed E-state index contributed by atoms with van der Waals surface area (Å²) in [6, 6.07) is 0. The molecular weight excluding hydrogens is 99.0 g/mol. The van der Waals surface area contributed by atoms with Gasteiger partial charge in [0, 0.05) is 6.42 Å². The SMILES string of the molecule is CCC(F)=C(O)O. The number of aliphatic hydroxyl groups is 2. The van der Waals surface area contributed by atoms with Crippen LogP contribution < -0.4 is 0 Å². The third kappa shape index (κ3) is 2.03. The molecule has 0 rings (SSSR count). The Bertz CT molecular complexity index is 83.7. The highest BCUT2D eigenvalue weighted by Gasteiger charge is 1.95. The maximum absolute atomic E-state index is 11.6. The predicted molar refractivity (Wildman–Crippen MR) is 23.7 cm³/mol. The lowest BCUT2D eigenvalue weighted by Gasteiger charge is -1.87. The monoisotopic (exact) mass is 106 g/mol. The van der Waals surface area contributed by atoms with Crippen LogP contribution >= 0.6 is 0 Å². The maximum atomic E-state index is 11.6. The van der Waals surface area contributed by atoms with E-state index in [1.54, 1.807) is 0 Å². The largest absolute Gasteiger partial charge is 0.479 e. The molecule has 0 aromatic carbocycles. The van der Waals surface area contributed by atoms with Gasteiger partial charge in [0.15, 0.2) is 5.83 Å². The topological polar surface area (TPSA) is 40.5 Å². The van der Waals surface area contributed by atoms with E-state index in [1.165, 1.54) is 6.92 Å². The third-order valence-electron chi connectivity index (χ3n) is 0.553. The zero-order valence-electron chi connectivity index (χ0n) is 3.98. The minimum absolute atomic E-state index is 0.0301. The molecule has 0 aliphatic rings. The molecule has 0 saturated carbocycles. The zero-order chi connectivity index (χ0) is 5.86. The van der Waals surface area contributed by atoms with Crippen LogP contribution in [0.2, 0.25) is 0 Å². The van der Waals surface area contributed by atoms with Crippen molar-refractivity contribution in [1.29, 1.82) is 0 Å². The van der Waals surface area contributed by atoms with Crippen molar-refractivity contribution in [3.63, 3.8) is 0 Å². The number of aliphatic hydroxyl groups excluding tert-OH is 1. The van der Waals surface area contributed by atoms with Crippen molar-refractivity contribution in [2.45, 2.75) is 13.3 Å². The minimum atomic E-state index is -1.21. The molecule has 0 saturated heterocycles. The molecule has 0 aliphatic heterocycles. The maximum Gasteiger partial charge on any atom is 0.307 e. The first-order valence-corrected chi connectivity index (χ1v) is 1.95. The predicted octanol–water partition coefficient (Wildman–Crippen LogP) is 1.65. The molecule has 2 N–H and O–H groups in total. The second kappa shape index (κ2) is 2.44. The van der Waals surface area contributed by atoms with Crippen LogP contribution in [0, 0.1) is 0 Å². The van der Waals surface area contributed by atoms with Gasteiger partial charge >= 0.3 is 5.95 Å². The van der Waals surface area contributed by atoms with Crippen molar-refractivity contribution in [2.75, 3.05) is 0 Å². The standard InChI is InChI=1S/C4H7FO2/c1-2-3(5)4(6)7/h6-7H,2H2,1H3. The van der Waals surface area contributed by atoms with Gasteiger partial charge in [-0.2, -0.15) is 0 Å². The van der Waals surface area contributed by atoms with Gasteiger partial charge in [0.1, 0.15) is 0 Å². The Morgan fingerprint density at radius 1 is 1.57 bits per heavy atom. The second-order valence-electron chi connectivity index (χ2n) is 1.08. The van der Waals surface area contributed by atoms with Crippen LogP contribution in [-0.2, 0) is 0 Å². The van der Waals surface area contributed by atoms with Crippen LogP contribution in [0.25, 0.3) is 0 Å². The van der Waals surface area contributed by atoms with E-state index in [1.807, 2.05) is 0 Å². The number of hydrogen-bond donors (Lipinski definition) is 2. The van der Waals surface area contributed by atoms with E-state index in [9.17, 15) is 4.39 Å². The summed E-state index contributed by atoms with van der Waals surface area (Å²) in [6.45, 7) is 1.49. The molecule has 0 aromatic heterocycles. The highest BCUT2D eigenvalue weighted by atomic mass is 19.1. The average molecular weight is 106 g/mol. The highest BCUT2D eigenvalue weighted by Crippen LogP contribution is 2.02. The first kappa shape index (κ1) is 6.27. The summed E-state index contributed by atoms with van der Waals surface area (Å²) >= 11 is 0. The van der Waals surface area contributed by atoms with Crippen molar-refractivity contribution >= 4 is 0 Å². The van der Waals surface area contributed by atoms with Gasteiger partial charge in [-0.05, 0) is 0 Å². The van der Waals surface area contributed by atoms with Crippen LogP contribution in [0.4, 0.5) is 4.39 Å². The minimum Gasteiger partial charge on any atom is -0.479 e. The molecular formula is C4H7FO2. The first-order chi connectivity index (χ1) is 3.18. The summed E-state index contributed by atoms with van der Waals surface area (Å²) in [7, 11) is 0.